The number of nitrogens with zero attached hydrogens (tertiary/aromatic N) is 6. The van der Waals surface area contributed by atoms with Gasteiger partial charge in [-0.15, -0.1) is 0 Å². The fraction of sp³-hybridized carbons (Fsp3) is 0.286. The van der Waals surface area contributed by atoms with Crippen molar-refractivity contribution in [1.82, 2.24) is 24.8 Å². The van der Waals surface area contributed by atoms with E-state index in [0.717, 1.165) is 32.6 Å². The third-order valence-corrected chi connectivity index (χ3v) is 8.35. The van der Waals surface area contributed by atoms with Crippen LogP contribution in [0.1, 0.15) is 17.7 Å². The molecule has 0 bridgehead atoms. The van der Waals surface area contributed by atoms with Gasteiger partial charge in [-0.25, -0.2) is 24.5 Å². The summed E-state index contributed by atoms with van der Waals surface area (Å²) in [4.78, 5) is 42.1. The maximum Gasteiger partial charge on any atom is 0.407 e. The molecule has 0 radical (unpaired) electrons. The van der Waals surface area contributed by atoms with Crippen LogP contribution in [0.4, 0.5) is 14.7 Å². The Morgan fingerprint density at radius 1 is 1.12 bits per heavy atom. The molecule has 40 heavy (non-hydrogen) atoms. The Bertz CT molecular complexity index is 1680. The molecule has 4 aromatic rings. The molecule has 11 nitrogen and oxygen atoms in total. The van der Waals surface area contributed by atoms with Crippen LogP contribution in [0.2, 0.25) is 0 Å². The first kappa shape index (κ1) is 25.7. The van der Waals surface area contributed by atoms with Crippen LogP contribution >= 0.6 is 11.3 Å². The van der Waals surface area contributed by atoms with Gasteiger partial charge in [0.2, 0.25) is 0 Å². The standard InChI is InChI=1S/C28H25N7O4S/c1-17-21-12-20(5-6-22(21)31-16-30-17)24-23(19-4-2-3-18(11-19)13-29)32-25(40-24)33-26(36)34-8-7-28(14-34)15-35(27(37)38)9-10-39-28/h2-6,11-12,16H,7-10,14-15H2,1H3,(H,37,38)(H,32,33,36). The van der Waals surface area contributed by atoms with Gasteiger partial charge in [-0.05, 0) is 43.2 Å². The summed E-state index contributed by atoms with van der Waals surface area (Å²) in [5, 5.41) is 23.1. The monoisotopic (exact) mass is 555 g/mol. The number of hydrogen-bond donors (Lipinski definition) is 2. The lowest BCUT2D eigenvalue weighted by Gasteiger charge is -2.38. The molecule has 0 saturated carbocycles. The lowest BCUT2D eigenvalue weighted by molar-refractivity contribution is -0.0919. The number of carboxylic acid groups (broad SMARTS) is 1. The van der Waals surface area contributed by atoms with Gasteiger partial charge >= 0.3 is 12.1 Å². The van der Waals surface area contributed by atoms with Crippen LogP contribution in [-0.2, 0) is 4.74 Å². The molecule has 202 valence electrons. The second kappa shape index (κ2) is 10.2. The van der Waals surface area contributed by atoms with Crippen LogP contribution in [0.3, 0.4) is 0 Å². The number of fused-ring (bicyclic) bond motifs is 1. The zero-order valence-electron chi connectivity index (χ0n) is 21.6. The van der Waals surface area contributed by atoms with Crippen LogP contribution in [-0.4, -0.2) is 80.4 Å². The molecule has 2 saturated heterocycles. The number of carbonyl (C=O) groups excluding carboxylic acids is 1. The molecule has 1 atom stereocenters. The van der Waals surface area contributed by atoms with Gasteiger partial charge in [0.1, 0.15) is 11.9 Å². The van der Waals surface area contributed by atoms with E-state index in [9.17, 15) is 20.0 Å². The van der Waals surface area contributed by atoms with Crippen LogP contribution < -0.4 is 5.32 Å². The number of aromatic nitrogens is 3. The molecule has 0 aliphatic carbocycles. The lowest BCUT2D eigenvalue weighted by Crippen LogP contribution is -2.55. The van der Waals surface area contributed by atoms with E-state index in [4.69, 9.17) is 9.72 Å². The minimum Gasteiger partial charge on any atom is -0.465 e. The number of ether oxygens (including phenoxy) is 1. The summed E-state index contributed by atoms with van der Waals surface area (Å²) >= 11 is 1.34. The number of aryl methyl sites for hydroxylation is 1. The Balaban J connectivity index is 1.31. The Morgan fingerprint density at radius 2 is 1.98 bits per heavy atom. The first-order chi connectivity index (χ1) is 19.3. The van der Waals surface area contributed by atoms with Gasteiger partial charge in [0.15, 0.2) is 5.13 Å². The Hall–Kier alpha value is -4.60. The number of rotatable bonds is 3. The van der Waals surface area contributed by atoms with Gasteiger partial charge in [-0.1, -0.05) is 29.5 Å². The van der Waals surface area contributed by atoms with Crippen molar-refractivity contribution < 1.29 is 19.4 Å². The van der Waals surface area contributed by atoms with Gasteiger partial charge in [0.25, 0.3) is 0 Å². The average Bonchev–Trinajstić information content (AvgIpc) is 3.58. The van der Waals surface area contributed by atoms with Crippen molar-refractivity contribution in [3.05, 3.63) is 60.0 Å². The van der Waals surface area contributed by atoms with Crippen molar-refractivity contribution in [3.8, 4) is 27.8 Å². The number of amides is 3. The molecule has 3 amide bonds. The van der Waals surface area contributed by atoms with Crippen molar-refractivity contribution >= 4 is 39.5 Å². The number of hydrogen-bond acceptors (Lipinski definition) is 8. The molecule has 1 spiro atoms. The number of nitriles is 1. The first-order valence-corrected chi connectivity index (χ1v) is 13.6. The molecular formula is C28H25N7O4S. The van der Waals surface area contributed by atoms with E-state index in [2.05, 4.69) is 21.4 Å². The fourth-order valence-corrected chi connectivity index (χ4v) is 6.24. The number of urea groups is 1. The van der Waals surface area contributed by atoms with Gasteiger partial charge in [-0.3, -0.25) is 5.32 Å². The van der Waals surface area contributed by atoms with Crippen LogP contribution in [0, 0.1) is 18.3 Å². The summed E-state index contributed by atoms with van der Waals surface area (Å²) < 4.78 is 5.97. The number of anilines is 1. The third kappa shape index (κ3) is 4.81. The summed E-state index contributed by atoms with van der Waals surface area (Å²) in [5.41, 5.74) is 3.80. The smallest absolute Gasteiger partial charge is 0.407 e. The topological polar surface area (TPSA) is 145 Å². The Labute approximate surface area is 233 Å². The summed E-state index contributed by atoms with van der Waals surface area (Å²) in [6, 6.07) is 15.0. The molecule has 2 aliphatic heterocycles. The van der Waals surface area contributed by atoms with Crippen molar-refractivity contribution in [2.45, 2.75) is 18.9 Å². The van der Waals surface area contributed by atoms with Crippen molar-refractivity contribution in [3.63, 3.8) is 0 Å². The number of benzene rings is 2. The quantitative estimate of drug-likeness (QED) is 0.374. The van der Waals surface area contributed by atoms with E-state index in [1.54, 1.807) is 17.0 Å². The zero-order chi connectivity index (χ0) is 27.9. The molecule has 6 rings (SSSR count). The van der Waals surface area contributed by atoms with Crippen LogP contribution in [0.5, 0.6) is 0 Å². The van der Waals surface area contributed by atoms with E-state index in [1.165, 1.54) is 22.6 Å². The summed E-state index contributed by atoms with van der Waals surface area (Å²) in [6.45, 7) is 3.52. The molecule has 2 fully saturated rings. The number of morpholine rings is 1. The fourth-order valence-electron chi connectivity index (χ4n) is 5.27. The summed E-state index contributed by atoms with van der Waals surface area (Å²) in [6.07, 6.45) is 1.11. The average molecular weight is 556 g/mol. The normalized spacial score (nSPS) is 18.7. The maximum absolute atomic E-state index is 13.3. The van der Waals surface area contributed by atoms with Crippen molar-refractivity contribution in [1.29, 1.82) is 5.26 Å². The van der Waals surface area contributed by atoms with E-state index >= 15 is 0 Å². The molecule has 2 N–H and O–H groups in total. The predicted molar refractivity (Wildman–Crippen MR) is 149 cm³/mol. The highest BCUT2D eigenvalue weighted by Gasteiger charge is 2.45. The predicted octanol–water partition coefficient (Wildman–Crippen LogP) is 4.59. The highest BCUT2D eigenvalue weighted by atomic mass is 32.1. The van der Waals surface area contributed by atoms with E-state index in [0.29, 0.717) is 49.1 Å². The van der Waals surface area contributed by atoms with Crippen molar-refractivity contribution in [2.75, 3.05) is 38.1 Å². The van der Waals surface area contributed by atoms with Crippen LogP contribution in [0.15, 0.2) is 48.8 Å². The van der Waals surface area contributed by atoms with Gasteiger partial charge in [0.05, 0.1) is 47.4 Å². The second-order valence-corrected chi connectivity index (χ2v) is 10.9. The number of thiazole rings is 1. The van der Waals surface area contributed by atoms with Gasteiger partial charge in [0, 0.05) is 29.7 Å². The largest absolute Gasteiger partial charge is 0.465 e. The SMILES string of the molecule is Cc1ncnc2ccc(-c3sc(NC(=O)N4CCC5(CN(C(=O)O)CCO5)C4)nc3-c3cccc(C#N)c3)cc12. The molecular weight excluding hydrogens is 530 g/mol. The summed E-state index contributed by atoms with van der Waals surface area (Å²) in [5.74, 6) is 0. The second-order valence-electron chi connectivity index (χ2n) is 9.92. The van der Waals surface area contributed by atoms with Crippen LogP contribution in [0.25, 0.3) is 32.6 Å². The molecule has 2 aromatic carbocycles. The third-order valence-electron chi connectivity index (χ3n) is 7.33. The lowest BCUT2D eigenvalue weighted by atomic mass is 10.0. The molecule has 4 heterocycles. The van der Waals surface area contributed by atoms with E-state index in [1.807, 2.05) is 37.3 Å². The first-order valence-electron chi connectivity index (χ1n) is 12.7. The maximum atomic E-state index is 13.3. The van der Waals surface area contributed by atoms with Gasteiger partial charge in [-0.2, -0.15) is 5.26 Å². The molecule has 2 aromatic heterocycles. The molecule has 2 aliphatic rings. The Kier molecular flexibility index (Phi) is 6.53. The highest BCUT2D eigenvalue weighted by molar-refractivity contribution is 7.19. The molecule has 12 heteroatoms. The van der Waals surface area contributed by atoms with E-state index in [-0.39, 0.29) is 12.6 Å². The highest BCUT2D eigenvalue weighted by Crippen LogP contribution is 2.40. The molecule has 1 unspecified atom stereocenters. The zero-order valence-corrected chi connectivity index (χ0v) is 22.4. The number of carbonyl (C=O) groups is 2. The minimum absolute atomic E-state index is 0.234. The summed E-state index contributed by atoms with van der Waals surface area (Å²) in [7, 11) is 0. The Morgan fingerprint density at radius 3 is 2.80 bits per heavy atom. The van der Waals surface area contributed by atoms with Gasteiger partial charge < -0.3 is 19.6 Å². The minimum atomic E-state index is -0.982. The number of nitrogens with one attached hydrogen (secondary N) is 1. The number of likely N-dealkylation sites (tertiary alicyclic amines) is 1. The van der Waals surface area contributed by atoms with Crippen molar-refractivity contribution in [2.24, 2.45) is 0 Å². The van der Waals surface area contributed by atoms with E-state index < -0.39 is 11.7 Å².